The highest BCUT2D eigenvalue weighted by Gasteiger charge is 2.18. The van der Waals surface area contributed by atoms with Gasteiger partial charge in [-0.15, -0.1) is 0 Å². The molecule has 1 fully saturated rings. The second kappa shape index (κ2) is 7.12. The van der Waals surface area contributed by atoms with Crippen molar-refractivity contribution in [3.8, 4) is 0 Å². The van der Waals surface area contributed by atoms with Crippen LogP contribution in [0.3, 0.4) is 0 Å². The lowest BCUT2D eigenvalue weighted by atomic mass is 9.82. The lowest BCUT2D eigenvalue weighted by molar-refractivity contribution is 0.230. The van der Waals surface area contributed by atoms with Crippen molar-refractivity contribution >= 4 is 0 Å². The van der Waals surface area contributed by atoms with Gasteiger partial charge in [-0.2, -0.15) is 0 Å². The zero-order valence-electron chi connectivity index (χ0n) is 12.4. The van der Waals surface area contributed by atoms with E-state index in [1.807, 2.05) is 12.3 Å². The quantitative estimate of drug-likeness (QED) is 0.676. The molecule has 1 aliphatic rings. The molecule has 21 heavy (non-hydrogen) atoms. The van der Waals surface area contributed by atoms with E-state index >= 15 is 0 Å². The van der Waals surface area contributed by atoms with Crippen LogP contribution in [0, 0.1) is 0 Å². The zero-order chi connectivity index (χ0) is 14.3. The minimum Gasteiger partial charge on any atom is -0.497 e. The Morgan fingerprint density at radius 2 is 1.48 bits per heavy atom. The molecular formula is C20H22O. The number of hydrogen-bond donors (Lipinski definition) is 0. The Morgan fingerprint density at radius 3 is 2.14 bits per heavy atom. The van der Waals surface area contributed by atoms with Crippen LogP contribution in [0.1, 0.15) is 42.7 Å². The molecule has 1 nitrogen and oxygen atoms in total. The third kappa shape index (κ3) is 3.98. The molecule has 2 aromatic rings. The van der Waals surface area contributed by atoms with Crippen LogP contribution >= 0.6 is 0 Å². The Balaban J connectivity index is 1.48. The van der Waals surface area contributed by atoms with E-state index in [-0.39, 0.29) is 0 Å². The van der Waals surface area contributed by atoms with Gasteiger partial charge in [-0.05, 0) is 48.3 Å². The molecule has 2 aromatic carbocycles. The summed E-state index contributed by atoms with van der Waals surface area (Å²) in [6.45, 7) is 0.673. The molecule has 1 saturated carbocycles. The molecule has 3 rings (SSSR count). The SMILES string of the molecule is C(OCc1ccccc1)=C1CCC(c2ccccc2)CC1. The maximum absolute atomic E-state index is 5.74. The Hall–Kier alpha value is -2.02. The Kier molecular flexibility index (Phi) is 4.73. The number of hydrogen-bond acceptors (Lipinski definition) is 1. The fraction of sp³-hybridized carbons (Fsp3) is 0.300. The van der Waals surface area contributed by atoms with Crippen LogP contribution in [0.4, 0.5) is 0 Å². The van der Waals surface area contributed by atoms with Crippen molar-refractivity contribution in [1.82, 2.24) is 0 Å². The number of benzene rings is 2. The maximum Gasteiger partial charge on any atom is 0.112 e. The van der Waals surface area contributed by atoms with Gasteiger partial charge < -0.3 is 4.74 Å². The van der Waals surface area contributed by atoms with Crippen molar-refractivity contribution in [3.63, 3.8) is 0 Å². The number of allylic oxidation sites excluding steroid dienone is 1. The third-order valence-electron chi connectivity index (χ3n) is 4.24. The minimum atomic E-state index is 0.673. The summed E-state index contributed by atoms with van der Waals surface area (Å²) >= 11 is 0. The van der Waals surface area contributed by atoms with E-state index in [0.29, 0.717) is 6.61 Å². The molecule has 1 heteroatoms. The normalized spacial score (nSPS) is 18.3. The molecule has 108 valence electrons. The number of ether oxygens (including phenoxy) is 1. The van der Waals surface area contributed by atoms with Crippen molar-refractivity contribution < 1.29 is 4.74 Å². The first-order valence-electron chi connectivity index (χ1n) is 7.80. The van der Waals surface area contributed by atoms with Gasteiger partial charge in [0.1, 0.15) is 6.61 Å². The standard InChI is InChI=1S/C20H22O/c1-3-7-17(8-4-1)15-21-16-18-11-13-20(14-12-18)19-9-5-2-6-10-19/h1-10,16,20H,11-15H2. The molecule has 0 amide bonds. The average molecular weight is 278 g/mol. The van der Waals surface area contributed by atoms with E-state index in [0.717, 1.165) is 18.8 Å². The predicted octanol–water partition coefficient (Wildman–Crippen LogP) is 5.44. The molecular weight excluding hydrogens is 256 g/mol. The Labute approximate surface area is 127 Å². The summed E-state index contributed by atoms with van der Waals surface area (Å²) in [6, 6.07) is 21.2. The summed E-state index contributed by atoms with van der Waals surface area (Å²) in [4.78, 5) is 0. The predicted molar refractivity (Wildman–Crippen MR) is 87.0 cm³/mol. The minimum absolute atomic E-state index is 0.673. The first kappa shape index (κ1) is 13.9. The summed E-state index contributed by atoms with van der Waals surface area (Å²) in [5.41, 5.74) is 4.17. The lowest BCUT2D eigenvalue weighted by Crippen LogP contribution is -2.06. The van der Waals surface area contributed by atoms with Crippen molar-refractivity contribution in [2.75, 3.05) is 0 Å². The van der Waals surface area contributed by atoms with Crippen LogP contribution in [0.5, 0.6) is 0 Å². The molecule has 0 aromatic heterocycles. The Morgan fingerprint density at radius 1 is 0.857 bits per heavy atom. The smallest absolute Gasteiger partial charge is 0.112 e. The molecule has 1 aliphatic carbocycles. The van der Waals surface area contributed by atoms with E-state index < -0.39 is 0 Å². The molecule has 0 radical (unpaired) electrons. The summed E-state index contributed by atoms with van der Waals surface area (Å²) in [7, 11) is 0. The van der Waals surface area contributed by atoms with Gasteiger partial charge in [0, 0.05) is 0 Å². The van der Waals surface area contributed by atoms with E-state index in [4.69, 9.17) is 4.74 Å². The monoisotopic (exact) mass is 278 g/mol. The van der Waals surface area contributed by atoms with Crippen molar-refractivity contribution in [3.05, 3.63) is 83.6 Å². The van der Waals surface area contributed by atoms with Gasteiger partial charge in [0.15, 0.2) is 0 Å². The van der Waals surface area contributed by atoms with Crippen LogP contribution in [0.25, 0.3) is 0 Å². The van der Waals surface area contributed by atoms with Gasteiger partial charge in [-0.3, -0.25) is 0 Å². The highest BCUT2D eigenvalue weighted by atomic mass is 16.5. The maximum atomic E-state index is 5.74. The fourth-order valence-corrected chi connectivity index (χ4v) is 2.99. The topological polar surface area (TPSA) is 9.23 Å². The fourth-order valence-electron chi connectivity index (χ4n) is 2.99. The molecule has 0 aliphatic heterocycles. The van der Waals surface area contributed by atoms with Crippen LogP contribution in [0.15, 0.2) is 72.5 Å². The Bertz CT molecular complexity index is 561. The van der Waals surface area contributed by atoms with Crippen LogP contribution in [-0.4, -0.2) is 0 Å². The molecule has 0 heterocycles. The van der Waals surface area contributed by atoms with Crippen LogP contribution < -0.4 is 0 Å². The summed E-state index contributed by atoms with van der Waals surface area (Å²) in [5.74, 6) is 0.720. The van der Waals surface area contributed by atoms with Crippen LogP contribution in [0.2, 0.25) is 0 Å². The molecule has 0 atom stereocenters. The second-order valence-electron chi connectivity index (χ2n) is 5.76. The summed E-state index contributed by atoms with van der Waals surface area (Å²) in [5, 5.41) is 0. The molecule has 0 saturated heterocycles. The second-order valence-corrected chi connectivity index (χ2v) is 5.76. The lowest BCUT2D eigenvalue weighted by Gasteiger charge is -2.24. The van der Waals surface area contributed by atoms with Crippen LogP contribution in [-0.2, 0) is 11.3 Å². The zero-order valence-corrected chi connectivity index (χ0v) is 12.4. The van der Waals surface area contributed by atoms with Gasteiger partial charge in [-0.1, -0.05) is 60.7 Å². The summed E-state index contributed by atoms with van der Waals surface area (Å²) < 4.78 is 5.74. The molecule has 0 bridgehead atoms. The first-order chi connectivity index (χ1) is 10.4. The van der Waals surface area contributed by atoms with Gasteiger partial charge in [0.05, 0.1) is 6.26 Å². The average Bonchev–Trinajstić information content (AvgIpc) is 2.57. The largest absolute Gasteiger partial charge is 0.497 e. The van der Waals surface area contributed by atoms with E-state index in [1.165, 1.54) is 29.5 Å². The number of rotatable bonds is 4. The van der Waals surface area contributed by atoms with E-state index in [1.54, 1.807) is 0 Å². The van der Waals surface area contributed by atoms with Crippen molar-refractivity contribution in [1.29, 1.82) is 0 Å². The molecule has 0 unspecified atom stereocenters. The van der Waals surface area contributed by atoms with Gasteiger partial charge in [0.2, 0.25) is 0 Å². The summed E-state index contributed by atoms with van der Waals surface area (Å²) in [6.07, 6.45) is 6.80. The highest BCUT2D eigenvalue weighted by molar-refractivity contribution is 5.22. The molecule has 0 spiro atoms. The van der Waals surface area contributed by atoms with E-state index in [2.05, 4.69) is 54.6 Å². The first-order valence-corrected chi connectivity index (χ1v) is 7.80. The van der Waals surface area contributed by atoms with Crippen molar-refractivity contribution in [2.24, 2.45) is 0 Å². The van der Waals surface area contributed by atoms with Gasteiger partial charge in [0.25, 0.3) is 0 Å². The molecule has 0 N–H and O–H groups in total. The third-order valence-corrected chi connectivity index (χ3v) is 4.24. The van der Waals surface area contributed by atoms with Crippen molar-refractivity contribution in [2.45, 2.75) is 38.2 Å². The van der Waals surface area contributed by atoms with Gasteiger partial charge >= 0.3 is 0 Å². The van der Waals surface area contributed by atoms with Gasteiger partial charge in [-0.25, -0.2) is 0 Å². The van der Waals surface area contributed by atoms with E-state index in [9.17, 15) is 0 Å². The highest BCUT2D eigenvalue weighted by Crippen LogP contribution is 2.35.